The van der Waals surface area contributed by atoms with Crippen molar-refractivity contribution < 1.29 is 35.3 Å². The lowest BCUT2D eigenvalue weighted by Gasteiger charge is -2.17. The van der Waals surface area contributed by atoms with Crippen LogP contribution in [0.5, 0.6) is 0 Å². The van der Waals surface area contributed by atoms with E-state index in [2.05, 4.69) is 0 Å². The Morgan fingerprint density at radius 1 is 0.850 bits per heavy atom. The molecule has 4 rings (SSSR count). The molecule has 0 aromatic heterocycles. The van der Waals surface area contributed by atoms with E-state index in [1.807, 2.05) is 6.92 Å². The van der Waals surface area contributed by atoms with E-state index in [0.29, 0.717) is 16.7 Å². The van der Waals surface area contributed by atoms with Crippen LogP contribution in [-0.2, 0) is 31.8 Å². The average molecular weight is 589 g/mol. The molecule has 0 saturated heterocycles. The topological polar surface area (TPSA) is 69.7 Å². The van der Waals surface area contributed by atoms with Crippen molar-refractivity contribution in [1.29, 1.82) is 0 Å². The van der Waals surface area contributed by atoms with Crippen LogP contribution >= 0.6 is 11.6 Å². The standard InChI is InChI=1S/C30H24ClF3O5S/c1-18-4-9-24(10-5-18)40(36,37)39-17-22-15-23(30(32,33)34)8-12-26(22)27-16-20(7-13-28(27)31)25-11-6-21(14-19(25)2)29(35)38-3/h4-16H,17H2,1-3H3. The predicted molar refractivity (Wildman–Crippen MR) is 147 cm³/mol. The monoisotopic (exact) mass is 588 g/mol. The number of ether oxygens (including phenoxy) is 1. The minimum atomic E-state index is -4.66. The molecule has 208 valence electrons. The first-order chi connectivity index (χ1) is 18.8. The van der Waals surface area contributed by atoms with Crippen LogP contribution in [0.4, 0.5) is 13.2 Å². The molecule has 10 heteroatoms. The molecule has 0 aliphatic heterocycles. The number of methoxy groups -OCH3 is 1. The zero-order chi connectivity index (χ0) is 29.2. The number of carbonyl (C=O) groups excluding carboxylic acids is 1. The first-order valence-corrected chi connectivity index (χ1v) is 13.7. The fourth-order valence-electron chi connectivity index (χ4n) is 4.20. The van der Waals surface area contributed by atoms with Gasteiger partial charge in [-0.15, -0.1) is 0 Å². The van der Waals surface area contributed by atoms with Crippen molar-refractivity contribution in [3.05, 3.63) is 112 Å². The van der Waals surface area contributed by atoms with Gasteiger partial charge in [0.05, 0.1) is 29.7 Å². The Kier molecular flexibility index (Phi) is 8.39. The second-order valence-corrected chi connectivity index (χ2v) is 11.1. The van der Waals surface area contributed by atoms with Crippen LogP contribution in [0.15, 0.2) is 83.8 Å². The third-order valence-corrected chi connectivity index (χ3v) is 7.93. The second kappa shape index (κ2) is 11.4. The van der Waals surface area contributed by atoms with Crippen LogP contribution in [0.25, 0.3) is 22.3 Å². The third-order valence-electron chi connectivity index (χ3n) is 6.33. The Hall–Kier alpha value is -3.66. The number of hydrogen-bond acceptors (Lipinski definition) is 5. The van der Waals surface area contributed by atoms with Crippen molar-refractivity contribution in [2.75, 3.05) is 7.11 Å². The summed E-state index contributed by atoms with van der Waals surface area (Å²) in [5.41, 5.74) is 3.12. The molecule has 0 fully saturated rings. The summed E-state index contributed by atoms with van der Waals surface area (Å²) in [5, 5.41) is 0.245. The van der Waals surface area contributed by atoms with Gasteiger partial charge in [-0.05, 0) is 90.2 Å². The van der Waals surface area contributed by atoms with E-state index < -0.39 is 34.4 Å². The number of carbonyl (C=O) groups is 1. The molecule has 5 nitrogen and oxygen atoms in total. The molecule has 0 spiro atoms. The highest BCUT2D eigenvalue weighted by atomic mass is 35.5. The zero-order valence-corrected chi connectivity index (χ0v) is 23.2. The van der Waals surface area contributed by atoms with Crippen molar-refractivity contribution in [3.63, 3.8) is 0 Å². The Bertz CT molecular complexity index is 1680. The number of hydrogen-bond donors (Lipinski definition) is 0. The molecule has 0 saturated carbocycles. The second-order valence-electron chi connectivity index (χ2n) is 9.11. The fraction of sp³-hybridized carbons (Fsp3) is 0.167. The van der Waals surface area contributed by atoms with Crippen molar-refractivity contribution >= 4 is 27.7 Å². The quantitative estimate of drug-likeness (QED) is 0.162. The van der Waals surface area contributed by atoms with Gasteiger partial charge in [-0.1, -0.05) is 47.5 Å². The Morgan fingerprint density at radius 2 is 1.52 bits per heavy atom. The van der Waals surface area contributed by atoms with Gasteiger partial charge >= 0.3 is 12.1 Å². The van der Waals surface area contributed by atoms with Gasteiger partial charge < -0.3 is 4.74 Å². The maximum atomic E-state index is 13.6. The number of rotatable bonds is 7. The summed E-state index contributed by atoms with van der Waals surface area (Å²) in [4.78, 5) is 11.8. The molecule has 4 aromatic carbocycles. The summed E-state index contributed by atoms with van der Waals surface area (Å²) < 4.78 is 76.3. The summed E-state index contributed by atoms with van der Waals surface area (Å²) in [6, 6.07) is 19.0. The van der Waals surface area contributed by atoms with Crippen LogP contribution in [0.2, 0.25) is 5.02 Å². The number of esters is 1. The molecule has 0 amide bonds. The number of aryl methyl sites for hydroxylation is 2. The molecular formula is C30H24ClF3O5S. The van der Waals surface area contributed by atoms with E-state index in [1.165, 1.54) is 25.3 Å². The molecule has 0 N–H and O–H groups in total. The first kappa shape index (κ1) is 29.3. The molecule has 40 heavy (non-hydrogen) atoms. The molecule has 0 heterocycles. The zero-order valence-electron chi connectivity index (χ0n) is 21.7. The van der Waals surface area contributed by atoms with Gasteiger partial charge in [0.1, 0.15) is 0 Å². The maximum Gasteiger partial charge on any atom is 0.416 e. The van der Waals surface area contributed by atoms with E-state index in [4.69, 9.17) is 20.5 Å². The molecule has 0 radical (unpaired) electrons. The molecule has 0 atom stereocenters. The summed E-state index contributed by atoms with van der Waals surface area (Å²) in [6.45, 7) is 2.95. The lowest BCUT2D eigenvalue weighted by Crippen LogP contribution is -2.10. The Labute approximate surface area is 235 Å². The molecular weight excluding hydrogens is 565 g/mol. The van der Waals surface area contributed by atoms with Gasteiger partial charge in [0, 0.05) is 10.6 Å². The minimum Gasteiger partial charge on any atom is -0.465 e. The van der Waals surface area contributed by atoms with Gasteiger partial charge in [-0.3, -0.25) is 4.18 Å². The largest absolute Gasteiger partial charge is 0.465 e. The van der Waals surface area contributed by atoms with Crippen LogP contribution in [0, 0.1) is 13.8 Å². The molecule has 0 unspecified atom stereocenters. The van der Waals surface area contributed by atoms with Crippen LogP contribution in [-0.4, -0.2) is 21.5 Å². The van der Waals surface area contributed by atoms with Crippen molar-refractivity contribution in [1.82, 2.24) is 0 Å². The van der Waals surface area contributed by atoms with E-state index >= 15 is 0 Å². The van der Waals surface area contributed by atoms with Crippen molar-refractivity contribution in [3.8, 4) is 22.3 Å². The highest BCUT2D eigenvalue weighted by Crippen LogP contribution is 2.39. The van der Waals surface area contributed by atoms with E-state index in [0.717, 1.165) is 28.8 Å². The SMILES string of the molecule is COC(=O)c1ccc(-c2ccc(Cl)c(-c3ccc(C(F)(F)F)cc3COS(=O)(=O)c3ccc(C)cc3)c2)c(C)c1. The summed E-state index contributed by atoms with van der Waals surface area (Å²) in [7, 11) is -2.97. The average Bonchev–Trinajstić information content (AvgIpc) is 2.91. The molecule has 0 aliphatic rings. The maximum absolute atomic E-state index is 13.6. The number of alkyl halides is 3. The fourth-order valence-corrected chi connectivity index (χ4v) is 5.30. The lowest BCUT2D eigenvalue weighted by molar-refractivity contribution is -0.137. The molecule has 0 aliphatic carbocycles. The van der Waals surface area contributed by atoms with Crippen LogP contribution in [0.1, 0.15) is 32.6 Å². The smallest absolute Gasteiger partial charge is 0.416 e. The van der Waals surface area contributed by atoms with Crippen LogP contribution < -0.4 is 0 Å². The van der Waals surface area contributed by atoms with Gasteiger partial charge in [0.25, 0.3) is 10.1 Å². The summed E-state index contributed by atoms with van der Waals surface area (Å²) in [6.07, 6.45) is -4.66. The van der Waals surface area contributed by atoms with E-state index in [-0.39, 0.29) is 21.0 Å². The minimum absolute atomic E-state index is 0.0117. The van der Waals surface area contributed by atoms with Crippen molar-refractivity contribution in [2.45, 2.75) is 31.5 Å². The van der Waals surface area contributed by atoms with Gasteiger partial charge in [0.2, 0.25) is 0 Å². The van der Waals surface area contributed by atoms with Gasteiger partial charge in [0.15, 0.2) is 0 Å². The highest BCUT2D eigenvalue weighted by molar-refractivity contribution is 7.86. The summed E-state index contributed by atoms with van der Waals surface area (Å²) in [5.74, 6) is -0.485. The Balaban J connectivity index is 1.77. The number of benzene rings is 4. The summed E-state index contributed by atoms with van der Waals surface area (Å²) >= 11 is 6.50. The van der Waals surface area contributed by atoms with E-state index in [9.17, 15) is 26.4 Å². The molecule has 0 bridgehead atoms. The third kappa shape index (κ3) is 6.38. The van der Waals surface area contributed by atoms with Gasteiger partial charge in [-0.2, -0.15) is 21.6 Å². The normalized spacial score (nSPS) is 11.9. The predicted octanol–water partition coefficient (Wildman–Crippen LogP) is 8.00. The van der Waals surface area contributed by atoms with Crippen LogP contribution in [0.3, 0.4) is 0 Å². The first-order valence-electron chi connectivity index (χ1n) is 12.0. The highest BCUT2D eigenvalue weighted by Gasteiger charge is 2.31. The number of halogens is 4. The van der Waals surface area contributed by atoms with Gasteiger partial charge in [-0.25, -0.2) is 4.79 Å². The molecule has 4 aromatic rings. The Morgan fingerprint density at radius 3 is 2.15 bits per heavy atom. The lowest BCUT2D eigenvalue weighted by atomic mass is 9.93. The van der Waals surface area contributed by atoms with E-state index in [1.54, 1.807) is 55.5 Å². The van der Waals surface area contributed by atoms with Crippen molar-refractivity contribution in [2.24, 2.45) is 0 Å².